The fourth-order valence-corrected chi connectivity index (χ4v) is 4.49. The van der Waals surface area contributed by atoms with E-state index in [2.05, 4.69) is 10.4 Å². The van der Waals surface area contributed by atoms with Gasteiger partial charge in [-0.25, -0.2) is 0 Å². The Kier molecular flexibility index (Phi) is 6.85. The van der Waals surface area contributed by atoms with Crippen molar-refractivity contribution in [3.63, 3.8) is 0 Å². The Morgan fingerprint density at radius 3 is 1.74 bits per heavy atom. The average Bonchev–Trinajstić information content (AvgIpc) is 2.07. The summed E-state index contributed by atoms with van der Waals surface area (Å²) < 4.78 is 42.0. The summed E-state index contributed by atoms with van der Waals surface area (Å²) in [6.07, 6.45) is -1.22. The second-order valence-corrected chi connectivity index (χ2v) is 9.07. The molecule has 3 heterocycles. The number of hydrogen-bond donors (Lipinski definition) is 2. The van der Waals surface area contributed by atoms with Crippen LogP contribution in [0.15, 0.2) is 0 Å². The van der Waals surface area contributed by atoms with Crippen LogP contribution in [0.3, 0.4) is 0 Å². The SMILES string of the molecule is O=C(O)CC(C(=O)[O-])S(=O)(=O)O.[Mg+2].[O-][Si]12[O][Al]([O]1)[O]2. The largest absolute Gasteiger partial charge is 2.00 e. The Morgan fingerprint density at radius 2 is 1.68 bits per heavy atom. The molecule has 1 atom stereocenters. The van der Waals surface area contributed by atoms with Crippen molar-refractivity contribution in [1.29, 1.82) is 0 Å². The first-order valence-corrected chi connectivity index (χ1v) is 8.71. The summed E-state index contributed by atoms with van der Waals surface area (Å²) in [6.45, 7) is 0. The Labute approximate surface area is 128 Å². The summed E-state index contributed by atoms with van der Waals surface area (Å²) in [5.74, 6) is -3.79. The van der Waals surface area contributed by atoms with E-state index in [4.69, 9.17) is 9.66 Å². The molecule has 11 nitrogen and oxygen atoms in total. The third kappa shape index (κ3) is 5.61. The fourth-order valence-electron chi connectivity index (χ4n) is 0.849. The molecule has 3 aliphatic heterocycles. The number of carboxylic acid groups (broad SMARTS) is 2. The number of carbonyl (C=O) groups excluding carboxylic acids is 1. The zero-order valence-electron chi connectivity index (χ0n) is 9.05. The van der Waals surface area contributed by atoms with Gasteiger partial charge in [0.25, 0.3) is 10.1 Å². The standard InChI is InChI=1S/C4H6O7S.Al.Mg.O4Si/c5-3(6)1-2(4(7)8)12(9,10)11;;;1-5(2,3)4/h2H,1H2,(H,5,6)(H,7,8)(H,9,10,11);;;/q;+3;+2;-4/p-1. The molecule has 3 fully saturated rings. The van der Waals surface area contributed by atoms with Crippen LogP contribution in [0, 0.1) is 0 Å². The van der Waals surface area contributed by atoms with E-state index < -0.39 is 57.9 Å². The predicted octanol–water partition coefficient (Wildman–Crippen LogP) is -5.07. The Hall–Kier alpha value is 0.206. The summed E-state index contributed by atoms with van der Waals surface area (Å²) >= 11 is -1.64. The fraction of sp³-hybridized carbons (Fsp3) is 0.500. The molecule has 0 amide bonds. The quantitative estimate of drug-likeness (QED) is 0.368. The first kappa shape index (κ1) is 19.2. The summed E-state index contributed by atoms with van der Waals surface area (Å²) in [4.78, 5) is 30.0. The van der Waals surface area contributed by atoms with E-state index in [-0.39, 0.29) is 23.1 Å². The van der Waals surface area contributed by atoms with E-state index in [1.54, 1.807) is 0 Å². The maximum atomic E-state index is 10.2. The molecule has 2 N–H and O–H groups in total. The molecule has 0 aromatic rings. The van der Waals surface area contributed by atoms with Crippen molar-refractivity contribution in [3.8, 4) is 0 Å². The molecule has 0 saturated carbocycles. The number of carbonyl (C=O) groups is 2. The van der Waals surface area contributed by atoms with Gasteiger partial charge >= 0.3 is 53.2 Å². The minimum atomic E-state index is -4.90. The van der Waals surface area contributed by atoms with Gasteiger partial charge in [0.05, 0.1) is 12.4 Å². The zero-order valence-corrected chi connectivity index (χ0v) is 13.4. The molecule has 15 heteroatoms. The van der Waals surface area contributed by atoms with Crippen LogP contribution >= 0.6 is 0 Å². The van der Waals surface area contributed by atoms with Gasteiger partial charge in [0.2, 0.25) is 0 Å². The molecule has 3 saturated heterocycles. The van der Waals surface area contributed by atoms with Crippen LogP contribution in [0.2, 0.25) is 0 Å². The number of carboxylic acids is 2. The first-order chi connectivity index (χ1) is 8.03. The van der Waals surface area contributed by atoms with Crippen molar-refractivity contribution in [3.05, 3.63) is 0 Å². The van der Waals surface area contributed by atoms with Crippen LogP contribution in [0.1, 0.15) is 6.42 Å². The smallest absolute Gasteiger partial charge is 0.797 e. The van der Waals surface area contributed by atoms with E-state index in [1.165, 1.54) is 0 Å². The molecule has 3 aliphatic rings. The minimum Gasteiger partial charge on any atom is -0.797 e. The molecule has 0 aromatic carbocycles. The Morgan fingerprint density at radius 1 is 1.32 bits per heavy atom. The van der Waals surface area contributed by atoms with Crippen molar-refractivity contribution in [2.45, 2.75) is 11.7 Å². The van der Waals surface area contributed by atoms with Gasteiger partial charge < -0.3 is 30.2 Å². The van der Waals surface area contributed by atoms with E-state index in [0.29, 0.717) is 0 Å². The molecular formula is C4H5AlMgO11SSi. The van der Waals surface area contributed by atoms with Crippen LogP contribution in [0.25, 0.3) is 0 Å². The number of rotatable bonds is 4. The Bertz CT molecular complexity index is 448. The van der Waals surface area contributed by atoms with Crippen LogP contribution in [-0.4, -0.2) is 82.5 Å². The number of hydrogen-bond acceptors (Lipinski definition) is 9. The molecule has 19 heavy (non-hydrogen) atoms. The van der Waals surface area contributed by atoms with Gasteiger partial charge in [0.15, 0.2) is 0 Å². The van der Waals surface area contributed by atoms with Gasteiger partial charge in [-0.2, -0.15) is 8.42 Å². The molecule has 3 rings (SSSR count). The molecule has 102 valence electrons. The molecule has 0 spiro atoms. The van der Waals surface area contributed by atoms with Crippen LogP contribution in [0.4, 0.5) is 0 Å². The minimum absolute atomic E-state index is 0. The molecule has 0 aliphatic carbocycles. The van der Waals surface area contributed by atoms with Crippen molar-refractivity contribution in [2.75, 3.05) is 0 Å². The topological polar surface area (TPSA) is 183 Å². The van der Waals surface area contributed by atoms with Crippen LogP contribution in [-0.2, 0) is 30.1 Å². The third-order valence-electron chi connectivity index (χ3n) is 1.70. The number of aliphatic carboxylic acids is 2. The van der Waals surface area contributed by atoms with Crippen molar-refractivity contribution < 1.29 is 48.0 Å². The molecular weight excluding hydrogens is 335 g/mol. The van der Waals surface area contributed by atoms with Crippen molar-refractivity contribution in [2.24, 2.45) is 0 Å². The second kappa shape index (κ2) is 6.77. The van der Waals surface area contributed by atoms with Crippen LogP contribution in [0.5, 0.6) is 0 Å². The summed E-state index contributed by atoms with van der Waals surface area (Å²) in [6, 6.07) is 0. The van der Waals surface area contributed by atoms with Crippen molar-refractivity contribution in [1.82, 2.24) is 0 Å². The molecule has 1 unspecified atom stereocenters. The first-order valence-electron chi connectivity index (χ1n) is 4.16. The average molecular weight is 341 g/mol. The molecule has 0 aromatic heterocycles. The maximum Gasteiger partial charge on any atom is 2.00 e. The van der Waals surface area contributed by atoms with Gasteiger partial charge in [-0.05, 0) is 0 Å². The third-order valence-corrected chi connectivity index (χ3v) is 8.56. The van der Waals surface area contributed by atoms with E-state index in [9.17, 15) is 27.9 Å². The van der Waals surface area contributed by atoms with Gasteiger partial charge in [0, 0.05) is 0 Å². The summed E-state index contributed by atoms with van der Waals surface area (Å²) in [7, 11) is -7.90. The van der Waals surface area contributed by atoms with E-state index in [0.717, 1.165) is 0 Å². The van der Waals surface area contributed by atoms with Gasteiger partial charge in [-0.15, -0.1) is 0 Å². The molecule has 2 bridgehead atoms. The monoisotopic (exact) mass is 340 g/mol. The normalized spacial score (nSPS) is 19.6. The summed E-state index contributed by atoms with van der Waals surface area (Å²) in [5, 5.41) is 15.6. The van der Waals surface area contributed by atoms with Gasteiger partial charge in [-0.3, -0.25) is 9.35 Å². The summed E-state index contributed by atoms with van der Waals surface area (Å²) in [5.41, 5.74) is 0. The Balaban J connectivity index is 0.000000380. The maximum absolute atomic E-state index is 10.2. The zero-order chi connectivity index (χ0) is 14.1. The predicted molar refractivity (Wildman–Crippen MR) is 53.1 cm³/mol. The van der Waals surface area contributed by atoms with E-state index in [1.807, 2.05) is 0 Å². The second-order valence-electron chi connectivity index (χ2n) is 3.06. The van der Waals surface area contributed by atoms with Gasteiger partial charge in [0.1, 0.15) is 5.25 Å². The van der Waals surface area contributed by atoms with Crippen molar-refractivity contribution >= 4 is 69.3 Å². The van der Waals surface area contributed by atoms with E-state index >= 15 is 0 Å². The van der Waals surface area contributed by atoms with Crippen LogP contribution < -0.4 is 9.90 Å². The van der Waals surface area contributed by atoms with Gasteiger partial charge in [-0.1, -0.05) is 0 Å². The molecule has 0 radical (unpaired) electrons.